The van der Waals surface area contributed by atoms with Crippen LogP contribution in [0.2, 0.25) is 0 Å². The summed E-state index contributed by atoms with van der Waals surface area (Å²) in [6.07, 6.45) is 0.834. The summed E-state index contributed by atoms with van der Waals surface area (Å²) in [4.78, 5) is 12.2. The number of fused-ring (bicyclic) bond motifs is 1. The molecule has 1 aliphatic rings. The van der Waals surface area contributed by atoms with Crippen molar-refractivity contribution >= 4 is 17.5 Å². The van der Waals surface area contributed by atoms with E-state index in [0.29, 0.717) is 0 Å². The van der Waals surface area contributed by atoms with Crippen molar-refractivity contribution in [3.05, 3.63) is 29.3 Å². The number of hydrogen-bond acceptors (Lipinski definition) is 2. The molecule has 0 spiro atoms. The van der Waals surface area contributed by atoms with Crippen molar-refractivity contribution in [3.8, 4) is 5.75 Å². The predicted molar refractivity (Wildman–Crippen MR) is 81.3 cm³/mol. The summed E-state index contributed by atoms with van der Waals surface area (Å²) in [7, 11) is 0. The molecule has 0 bridgehead atoms. The third-order valence-electron chi connectivity index (χ3n) is 3.12. The van der Waals surface area contributed by atoms with E-state index in [4.69, 9.17) is 16.3 Å². The average molecular weight is 296 g/mol. The highest BCUT2D eigenvalue weighted by Gasteiger charge is 2.34. The van der Waals surface area contributed by atoms with Crippen molar-refractivity contribution in [3.63, 3.8) is 0 Å². The number of nitrogens with one attached hydrogen (secondary N) is 1. The molecule has 1 aliphatic heterocycles. The first-order chi connectivity index (χ1) is 9.09. The lowest BCUT2D eigenvalue weighted by Crippen LogP contribution is -2.42. The maximum atomic E-state index is 12.2. The summed E-state index contributed by atoms with van der Waals surface area (Å²) in [5, 5.41) is 2.16. The number of hydrogen-bond donors (Lipinski definition) is 1. The van der Waals surface area contributed by atoms with Crippen LogP contribution in [-0.4, -0.2) is 17.0 Å². The minimum absolute atomic E-state index is 0.194. The lowest BCUT2D eigenvalue weighted by Gasteiger charge is -2.24. The first-order valence-electron chi connectivity index (χ1n) is 6.86. The molecule has 2 rings (SSSR count). The Bertz CT molecular complexity index is 532. The Morgan fingerprint density at radius 2 is 2.05 bits per heavy atom. The quantitative estimate of drug-likeness (QED) is 0.847. The monoisotopic (exact) mass is 295 g/mol. The molecular formula is C16H22ClNO2. The van der Waals surface area contributed by atoms with Crippen molar-refractivity contribution in [1.29, 1.82) is 0 Å². The first-order valence-corrected chi connectivity index (χ1v) is 7.30. The first kappa shape index (κ1) is 15.2. The van der Waals surface area contributed by atoms with Gasteiger partial charge in [-0.2, -0.15) is 0 Å². The molecule has 1 atom stereocenters. The number of rotatable bonds is 2. The van der Waals surface area contributed by atoms with Gasteiger partial charge in [-0.3, -0.25) is 4.79 Å². The predicted octanol–water partition coefficient (Wildman–Crippen LogP) is 3.59. The van der Waals surface area contributed by atoms with Crippen LogP contribution in [0.15, 0.2) is 18.2 Å². The summed E-state index contributed by atoms with van der Waals surface area (Å²) < 4.78 is 5.96. The van der Waals surface area contributed by atoms with E-state index in [2.05, 4.69) is 5.32 Å². The van der Waals surface area contributed by atoms with Crippen molar-refractivity contribution < 1.29 is 9.53 Å². The van der Waals surface area contributed by atoms with E-state index in [-0.39, 0.29) is 17.0 Å². The van der Waals surface area contributed by atoms with E-state index >= 15 is 0 Å². The topological polar surface area (TPSA) is 38.3 Å². The van der Waals surface area contributed by atoms with Gasteiger partial charge >= 0.3 is 0 Å². The van der Waals surface area contributed by atoms with Crippen molar-refractivity contribution in [2.24, 2.45) is 0 Å². The van der Waals surface area contributed by atoms with Gasteiger partial charge in [0.15, 0.2) is 0 Å². The molecule has 1 aromatic rings. The second-order valence-electron chi connectivity index (χ2n) is 6.98. The molecule has 0 radical (unpaired) electrons. The smallest absolute Gasteiger partial charge is 0.243 e. The maximum absolute atomic E-state index is 12.2. The second kappa shape index (κ2) is 4.96. The van der Waals surface area contributed by atoms with E-state index in [1.54, 1.807) is 0 Å². The summed E-state index contributed by atoms with van der Waals surface area (Å²) in [6, 6.07) is 5.82. The molecule has 1 aromatic carbocycles. The zero-order valence-electron chi connectivity index (χ0n) is 12.7. The standard InChI is InChI=1S/C16H22ClNO2/c1-15(2,3)18-14(19)12(17)11-8-6-7-10-9-16(4,5)20-13(10)11/h6-8,12H,9H2,1-5H3,(H,18,19). The summed E-state index contributed by atoms with van der Waals surface area (Å²) >= 11 is 6.35. The molecule has 1 N–H and O–H groups in total. The van der Waals surface area contributed by atoms with Crippen LogP contribution in [0.1, 0.15) is 51.1 Å². The minimum atomic E-state index is -0.738. The van der Waals surface area contributed by atoms with Crippen LogP contribution >= 0.6 is 11.6 Å². The van der Waals surface area contributed by atoms with Crippen LogP contribution in [0.3, 0.4) is 0 Å². The Balaban J connectivity index is 2.27. The number of para-hydroxylation sites is 1. The average Bonchev–Trinajstić information content (AvgIpc) is 2.59. The highest BCUT2D eigenvalue weighted by Crippen LogP contribution is 2.41. The van der Waals surface area contributed by atoms with Gasteiger partial charge in [0.2, 0.25) is 5.91 Å². The molecule has 1 amide bonds. The van der Waals surface area contributed by atoms with Crippen LogP contribution in [0.5, 0.6) is 5.75 Å². The number of halogens is 1. The molecule has 110 valence electrons. The second-order valence-corrected chi connectivity index (χ2v) is 7.41. The molecule has 3 nitrogen and oxygen atoms in total. The van der Waals surface area contributed by atoms with Crippen molar-refractivity contribution in [2.45, 2.75) is 57.6 Å². The molecule has 0 aliphatic carbocycles. The lowest BCUT2D eigenvalue weighted by atomic mass is 9.99. The molecule has 1 heterocycles. The molecule has 0 aromatic heterocycles. The van der Waals surface area contributed by atoms with Crippen molar-refractivity contribution in [1.82, 2.24) is 5.32 Å². The van der Waals surface area contributed by atoms with Gasteiger partial charge < -0.3 is 10.1 Å². The van der Waals surface area contributed by atoms with Crippen LogP contribution in [-0.2, 0) is 11.2 Å². The third kappa shape index (κ3) is 3.26. The Hall–Kier alpha value is -1.22. The Kier molecular flexibility index (Phi) is 3.76. The van der Waals surface area contributed by atoms with Gasteiger partial charge in [-0.05, 0) is 40.2 Å². The zero-order chi connectivity index (χ0) is 15.1. The molecule has 20 heavy (non-hydrogen) atoms. The molecule has 4 heteroatoms. The Labute approximate surface area is 125 Å². The van der Waals surface area contributed by atoms with E-state index in [1.165, 1.54) is 0 Å². The lowest BCUT2D eigenvalue weighted by molar-refractivity contribution is -0.122. The van der Waals surface area contributed by atoms with Gasteiger partial charge in [0, 0.05) is 17.5 Å². The fourth-order valence-electron chi connectivity index (χ4n) is 2.41. The van der Waals surface area contributed by atoms with Crippen LogP contribution < -0.4 is 10.1 Å². The summed E-state index contributed by atoms with van der Waals surface area (Å²) in [6.45, 7) is 9.88. The SMILES string of the molecule is CC(C)(C)NC(=O)C(Cl)c1cccc2c1OC(C)(C)C2. The largest absolute Gasteiger partial charge is 0.487 e. The Morgan fingerprint density at radius 3 is 2.65 bits per heavy atom. The van der Waals surface area contributed by atoms with Crippen LogP contribution in [0.4, 0.5) is 0 Å². The zero-order valence-corrected chi connectivity index (χ0v) is 13.5. The van der Waals surface area contributed by atoms with Crippen LogP contribution in [0, 0.1) is 0 Å². The summed E-state index contributed by atoms with van der Waals surface area (Å²) in [5.74, 6) is 0.572. The van der Waals surface area contributed by atoms with E-state index < -0.39 is 5.38 Å². The molecule has 0 fully saturated rings. The minimum Gasteiger partial charge on any atom is -0.487 e. The number of amides is 1. The highest BCUT2D eigenvalue weighted by molar-refractivity contribution is 6.31. The molecule has 1 unspecified atom stereocenters. The number of benzene rings is 1. The number of carbonyl (C=O) groups is 1. The fraction of sp³-hybridized carbons (Fsp3) is 0.562. The van der Waals surface area contributed by atoms with Gasteiger partial charge in [-0.15, -0.1) is 11.6 Å². The number of ether oxygens (including phenoxy) is 1. The van der Waals surface area contributed by atoms with Gasteiger partial charge in [0.25, 0.3) is 0 Å². The van der Waals surface area contributed by atoms with Gasteiger partial charge in [0.05, 0.1) is 0 Å². The number of carbonyl (C=O) groups excluding carboxylic acids is 1. The normalized spacial score (nSPS) is 18.1. The van der Waals surface area contributed by atoms with E-state index in [9.17, 15) is 4.79 Å². The Morgan fingerprint density at radius 1 is 1.40 bits per heavy atom. The van der Waals surface area contributed by atoms with E-state index in [1.807, 2.05) is 52.8 Å². The van der Waals surface area contributed by atoms with Gasteiger partial charge in [-0.1, -0.05) is 18.2 Å². The highest BCUT2D eigenvalue weighted by atomic mass is 35.5. The van der Waals surface area contributed by atoms with Gasteiger partial charge in [0.1, 0.15) is 16.7 Å². The van der Waals surface area contributed by atoms with Gasteiger partial charge in [-0.25, -0.2) is 0 Å². The van der Waals surface area contributed by atoms with Crippen molar-refractivity contribution in [2.75, 3.05) is 0 Å². The third-order valence-corrected chi connectivity index (χ3v) is 3.56. The molecule has 0 saturated heterocycles. The maximum Gasteiger partial charge on any atom is 0.243 e. The molecule has 0 saturated carbocycles. The van der Waals surface area contributed by atoms with Crippen LogP contribution in [0.25, 0.3) is 0 Å². The van der Waals surface area contributed by atoms with E-state index in [0.717, 1.165) is 23.3 Å². The molecular weight excluding hydrogens is 274 g/mol. The number of alkyl halides is 1. The summed E-state index contributed by atoms with van der Waals surface area (Å²) in [5.41, 5.74) is 1.32. The fourth-order valence-corrected chi connectivity index (χ4v) is 2.64.